The lowest BCUT2D eigenvalue weighted by Crippen LogP contribution is -2.55. The molecule has 7 heteroatoms. The molecule has 6 nitrogen and oxygen atoms in total. The lowest BCUT2D eigenvalue weighted by molar-refractivity contribution is 0.0692. The van der Waals surface area contributed by atoms with Crippen molar-refractivity contribution >= 4 is 16.1 Å². The van der Waals surface area contributed by atoms with Crippen molar-refractivity contribution in [2.75, 3.05) is 39.3 Å². The highest BCUT2D eigenvalue weighted by Crippen LogP contribution is 2.21. The molecule has 2 aliphatic heterocycles. The minimum absolute atomic E-state index is 0.0285. The van der Waals surface area contributed by atoms with Gasteiger partial charge in [0.2, 0.25) is 0 Å². The smallest absolute Gasteiger partial charge is 0.282 e. The molecule has 2 saturated heterocycles. The van der Waals surface area contributed by atoms with Crippen LogP contribution in [0.1, 0.15) is 30.1 Å². The summed E-state index contributed by atoms with van der Waals surface area (Å²) in [6, 6.07) is 9.14. The summed E-state index contributed by atoms with van der Waals surface area (Å²) in [4.78, 5) is 14.2. The second kappa shape index (κ2) is 7.21. The van der Waals surface area contributed by atoms with E-state index in [-0.39, 0.29) is 5.91 Å². The Morgan fingerprint density at radius 1 is 1.00 bits per heavy atom. The van der Waals surface area contributed by atoms with E-state index in [0.717, 1.165) is 12.8 Å². The van der Waals surface area contributed by atoms with Crippen molar-refractivity contribution in [3.05, 3.63) is 35.9 Å². The Labute approximate surface area is 144 Å². The second-order valence-corrected chi connectivity index (χ2v) is 8.60. The van der Waals surface area contributed by atoms with Crippen LogP contribution in [0.4, 0.5) is 0 Å². The molecule has 2 fully saturated rings. The van der Waals surface area contributed by atoms with E-state index in [4.69, 9.17) is 0 Å². The van der Waals surface area contributed by atoms with Crippen LogP contribution < -0.4 is 0 Å². The SMILES string of the molecule is CC1CCCN(S(=O)(=O)N2CCN(C(=O)c3ccccc3)CC2)C1. The molecule has 132 valence electrons. The zero-order chi connectivity index (χ0) is 17.2. The summed E-state index contributed by atoms with van der Waals surface area (Å²) < 4.78 is 28.7. The van der Waals surface area contributed by atoms with E-state index in [0.29, 0.717) is 50.7 Å². The Kier molecular flexibility index (Phi) is 5.22. The Morgan fingerprint density at radius 2 is 1.67 bits per heavy atom. The third-order valence-corrected chi connectivity index (χ3v) is 6.82. The third-order valence-electron chi connectivity index (χ3n) is 4.82. The zero-order valence-electron chi connectivity index (χ0n) is 14.1. The summed E-state index contributed by atoms with van der Waals surface area (Å²) in [5.41, 5.74) is 0.652. The average molecular weight is 351 g/mol. The third kappa shape index (κ3) is 3.63. The van der Waals surface area contributed by atoms with Crippen molar-refractivity contribution in [1.82, 2.24) is 13.5 Å². The Morgan fingerprint density at radius 3 is 2.29 bits per heavy atom. The highest BCUT2D eigenvalue weighted by atomic mass is 32.2. The van der Waals surface area contributed by atoms with Crippen LogP contribution in [0.5, 0.6) is 0 Å². The molecule has 3 rings (SSSR count). The van der Waals surface area contributed by atoms with Gasteiger partial charge in [-0.05, 0) is 30.9 Å². The lowest BCUT2D eigenvalue weighted by Gasteiger charge is -2.38. The van der Waals surface area contributed by atoms with Crippen LogP contribution in [-0.4, -0.2) is 67.1 Å². The molecule has 24 heavy (non-hydrogen) atoms. The molecule has 2 heterocycles. The maximum Gasteiger partial charge on any atom is 0.282 e. The van der Waals surface area contributed by atoms with Gasteiger partial charge in [-0.25, -0.2) is 0 Å². The van der Waals surface area contributed by atoms with Gasteiger partial charge in [-0.2, -0.15) is 17.0 Å². The van der Waals surface area contributed by atoms with E-state index in [2.05, 4.69) is 6.92 Å². The number of benzene rings is 1. The highest BCUT2D eigenvalue weighted by Gasteiger charge is 2.35. The number of carbonyl (C=O) groups excluding carboxylic acids is 1. The summed E-state index contributed by atoms with van der Waals surface area (Å²) in [6.45, 7) is 4.92. The van der Waals surface area contributed by atoms with Gasteiger partial charge in [-0.15, -0.1) is 0 Å². The van der Waals surface area contributed by atoms with E-state index in [1.54, 1.807) is 21.3 Å². The molecule has 1 amide bonds. The standard InChI is InChI=1S/C17H25N3O3S/c1-15-6-5-9-20(14-15)24(22,23)19-12-10-18(11-13-19)17(21)16-7-3-2-4-8-16/h2-4,7-8,15H,5-6,9-14H2,1H3. The predicted octanol–water partition coefficient (Wildman–Crippen LogP) is 1.42. The highest BCUT2D eigenvalue weighted by molar-refractivity contribution is 7.86. The van der Waals surface area contributed by atoms with Crippen LogP contribution in [0.2, 0.25) is 0 Å². The van der Waals surface area contributed by atoms with E-state index in [9.17, 15) is 13.2 Å². The normalized spacial score (nSPS) is 24.0. The Balaban J connectivity index is 1.61. The summed E-state index contributed by atoms with van der Waals surface area (Å²) in [5, 5.41) is 0. The first kappa shape index (κ1) is 17.4. The van der Waals surface area contributed by atoms with Crippen LogP contribution in [0.3, 0.4) is 0 Å². The van der Waals surface area contributed by atoms with Crippen LogP contribution >= 0.6 is 0 Å². The summed E-state index contributed by atoms with van der Waals surface area (Å²) >= 11 is 0. The summed E-state index contributed by atoms with van der Waals surface area (Å²) in [6.07, 6.45) is 2.01. The number of hydrogen-bond donors (Lipinski definition) is 0. The van der Waals surface area contributed by atoms with Gasteiger partial charge in [-0.1, -0.05) is 25.1 Å². The maximum absolute atomic E-state index is 12.8. The molecule has 0 bridgehead atoms. The minimum atomic E-state index is -3.40. The van der Waals surface area contributed by atoms with Crippen molar-refractivity contribution in [2.24, 2.45) is 5.92 Å². The first-order valence-corrected chi connectivity index (χ1v) is 9.98. The fourth-order valence-corrected chi connectivity index (χ4v) is 5.16. The van der Waals surface area contributed by atoms with Gasteiger partial charge >= 0.3 is 0 Å². The molecular weight excluding hydrogens is 326 g/mol. The fourth-order valence-electron chi connectivity index (χ4n) is 3.40. The predicted molar refractivity (Wildman–Crippen MR) is 92.8 cm³/mol. The molecule has 1 atom stereocenters. The number of amides is 1. The van der Waals surface area contributed by atoms with Crippen molar-refractivity contribution < 1.29 is 13.2 Å². The average Bonchev–Trinajstić information content (AvgIpc) is 2.62. The van der Waals surface area contributed by atoms with E-state index < -0.39 is 10.2 Å². The Bertz CT molecular complexity index is 670. The van der Waals surface area contributed by atoms with Gasteiger partial charge in [0.15, 0.2) is 0 Å². The fraction of sp³-hybridized carbons (Fsp3) is 0.588. The molecule has 2 aliphatic rings. The first-order chi connectivity index (χ1) is 11.5. The van der Waals surface area contributed by atoms with Gasteiger partial charge in [0, 0.05) is 44.8 Å². The zero-order valence-corrected chi connectivity index (χ0v) is 14.9. The van der Waals surface area contributed by atoms with Crippen LogP contribution in [0.25, 0.3) is 0 Å². The van der Waals surface area contributed by atoms with E-state index in [1.165, 1.54) is 4.31 Å². The summed E-state index contributed by atoms with van der Waals surface area (Å²) in [7, 11) is -3.40. The monoisotopic (exact) mass is 351 g/mol. The molecule has 1 aromatic carbocycles. The molecule has 1 aromatic rings. The van der Waals surface area contributed by atoms with E-state index in [1.807, 2.05) is 18.2 Å². The van der Waals surface area contributed by atoms with Crippen molar-refractivity contribution in [3.8, 4) is 0 Å². The quantitative estimate of drug-likeness (QED) is 0.827. The number of piperazine rings is 1. The van der Waals surface area contributed by atoms with Gasteiger partial charge in [-0.3, -0.25) is 4.79 Å². The van der Waals surface area contributed by atoms with Crippen molar-refractivity contribution in [3.63, 3.8) is 0 Å². The van der Waals surface area contributed by atoms with Gasteiger partial charge in [0.25, 0.3) is 16.1 Å². The molecule has 1 unspecified atom stereocenters. The molecular formula is C17H25N3O3S. The van der Waals surface area contributed by atoms with Crippen LogP contribution in [0.15, 0.2) is 30.3 Å². The number of piperidine rings is 1. The molecule has 0 saturated carbocycles. The molecule has 0 spiro atoms. The number of hydrogen-bond acceptors (Lipinski definition) is 3. The maximum atomic E-state index is 12.8. The van der Waals surface area contributed by atoms with Crippen LogP contribution in [-0.2, 0) is 10.2 Å². The molecule has 0 aliphatic carbocycles. The summed E-state index contributed by atoms with van der Waals surface area (Å²) in [5.74, 6) is 0.383. The van der Waals surface area contributed by atoms with Gasteiger partial charge < -0.3 is 4.90 Å². The van der Waals surface area contributed by atoms with Crippen molar-refractivity contribution in [1.29, 1.82) is 0 Å². The molecule has 0 aromatic heterocycles. The second-order valence-electron chi connectivity index (χ2n) is 6.67. The number of carbonyl (C=O) groups is 1. The largest absolute Gasteiger partial charge is 0.336 e. The Hall–Kier alpha value is -1.44. The lowest BCUT2D eigenvalue weighted by atomic mass is 10.0. The minimum Gasteiger partial charge on any atom is -0.336 e. The van der Waals surface area contributed by atoms with Gasteiger partial charge in [0.05, 0.1) is 0 Å². The van der Waals surface area contributed by atoms with Crippen LogP contribution in [0, 0.1) is 5.92 Å². The van der Waals surface area contributed by atoms with E-state index >= 15 is 0 Å². The van der Waals surface area contributed by atoms with Gasteiger partial charge in [0.1, 0.15) is 0 Å². The first-order valence-electron chi connectivity index (χ1n) is 8.58. The molecule has 0 N–H and O–H groups in total. The topological polar surface area (TPSA) is 60.9 Å². The number of rotatable bonds is 3. The number of nitrogens with zero attached hydrogens (tertiary/aromatic N) is 3. The molecule has 0 radical (unpaired) electrons. The van der Waals surface area contributed by atoms with Crippen molar-refractivity contribution in [2.45, 2.75) is 19.8 Å².